The number of fused-ring (bicyclic) bond motifs is 1. The monoisotopic (exact) mass is 509 g/mol. The van der Waals surface area contributed by atoms with Crippen molar-refractivity contribution in [2.24, 2.45) is 0 Å². The molecule has 1 fully saturated rings. The molecule has 2 aromatic carbocycles. The SMILES string of the molecule is [B]c1ccc2c(CN3CCN(C(=O)c4ccccc4OC)CC3)cc(NN3C(=O)C(C)=C(C)C3=O)nc2c1. The smallest absolute Gasteiger partial charge is 0.275 e. The van der Waals surface area contributed by atoms with Gasteiger partial charge in [-0.3, -0.25) is 24.7 Å². The number of hydrogen-bond donors (Lipinski definition) is 1. The lowest BCUT2D eigenvalue weighted by Crippen LogP contribution is -2.48. The van der Waals surface area contributed by atoms with E-state index in [1.54, 1.807) is 39.2 Å². The number of hydrogen-bond acceptors (Lipinski definition) is 7. The summed E-state index contributed by atoms with van der Waals surface area (Å²) in [5.41, 5.74) is 6.48. The molecule has 192 valence electrons. The van der Waals surface area contributed by atoms with Crippen LogP contribution < -0.4 is 15.6 Å². The first-order valence-electron chi connectivity index (χ1n) is 12.4. The second-order valence-corrected chi connectivity index (χ2v) is 9.52. The third-order valence-electron chi connectivity index (χ3n) is 7.15. The first-order valence-corrected chi connectivity index (χ1v) is 12.4. The summed E-state index contributed by atoms with van der Waals surface area (Å²) in [4.78, 5) is 47.0. The summed E-state index contributed by atoms with van der Waals surface area (Å²) in [7, 11) is 7.59. The van der Waals surface area contributed by atoms with Crippen molar-refractivity contribution in [1.29, 1.82) is 0 Å². The highest BCUT2D eigenvalue weighted by Crippen LogP contribution is 2.26. The van der Waals surface area contributed by atoms with Crippen LogP contribution in [0.2, 0.25) is 0 Å². The van der Waals surface area contributed by atoms with Gasteiger partial charge >= 0.3 is 0 Å². The lowest BCUT2D eigenvalue weighted by Gasteiger charge is -2.35. The van der Waals surface area contributed by atoms with Gasteiger partial charge in [0, 0.05) is 49.3 Å². The Balaban J connectivity index is 1.34. The molecule has 5 rings (SSSR count). The minimum atomic E-state index is -0.389. The van der Waals surface area contributed by atoms with Crippen LogP contribution in [0.25, 0.3) is 10.9 Å². The zero-order valence-corrected chi connectivity index (χ0v) is 21.7. The minimum Gasteiger partial charge on any atom is -0.496 e. The number of nitrogens with zero attached hydrogens (tertiary/aromatic N) is 4. The molecule has 0 unspecified atom stereocenters. The van der Waals surface area contributed by atoms with Gasteiger partial charge in [0.2, 0.25) is 0 Å². The van der Waals surface area contributed by atoms with Gasteiger partial charge in [0.25, 0.3) is 17.7 Å². The summed E-state index contributed by atoms with van der Waals surface area (Å²) < 4.78 is 5.36. The van der Waals surface area contributed by atoms with Crippen LogP contribution in [0.15, 0.2) is 59.7 Å². The molecule has 1 aromatic heterocycles. The quantitative estimate of drug-likeness (QED) is 0.402. The van der Waals surface area contributed by atoms with E-state index in [2.05, 4.69) is 15.3 Å². The molecule has 9 nitrogen and oxygen atoms in total. The van der Waals surface area contributed by atoms with Gasteiger partial charge in [-0.15, -0.1) is 0 Å². The number of pyridine rings is 1. The third-order valence-corrected chi connectivity index (χ3v) is 7.15. The van der Waals surface area contributed by atoms with Gasteiger partial charge in [-0.25, -0.2) is 4.98 Å². The van der Waals surface area contributed by atoms with Crippen molar-refractivity contribution in [3.8, 4) is 5.75 Å². The maximum absolute atomic E-state index is 13.1. The molecule has 10 heteroatoms. The predicted octanol–water partition coefficient (Wildman–Crippen LogP) is 2.03. The highest BCUT2D eigenvalue weighted by molar-refractivity contribution is 6.33. The van der Waals surface area contributed by atoms with Crippen LogP contribution in [0.5, 0.6) is 5.75 Å². The van der Waals surface area contributed by atoms with Gasteiger partial charge in [0.05, 0.1) is 18.2 Å². The van der Waals surface area contributed by atoms with Crippen LogP contribution in [0, 0.1) is 0 Å². The Morgan fingerprint density at radius 3 is 2.37 bits per heavy atom. The summed E-state index contributed by atoms with van der Waals surface area (Å²) in [5.74, 6) is 0.126. The van der Waals surface area contributed by atoms with Crippen molar-refractivity contribution in [3.05, 3.63) is 70.8 Å². The fourth-order valence-corrected chi connectivity index (χ4v) is 4.81. The summed E-state index contributed by atoms with van der Waals surface area (Å²) in [5, 5.41) is 1.93. The number of benzene rings is 2. The van der Waals surface area contributed by atoms with Gasteiger partial charge in [-0.1, -0.05) is 29.7 Å². The Bertz CT molecular complexity index is 1460. The fraction of sp³-hybridized carbons (Fsp3) is 0.286. The molecule has 2 aliphatic rings. The minimum absolute atomic E-state index is 0.0439. The van der Waals surface area contributed by atoms with Crippen molar-refractivity contribution in [1.82, 2.24) is 19.8 Å². The summed E-state index contributed by atoms with van der Waals surface area (Å²) in [6.45, 7) is 6.41. The van der Waals surface area contributed by atoms with Crippen molar-refractivity contribution in [2.45, 2.75) is 20.4 Å². The van der Waals surface area contributed by atoms with Crippen LogP contribution in [-0.2, 0) is 16.1 Å². The van der Waals surface area contributed by atoms with Gasteiger partial charge in [0.15, 0.2) is 0 Å². The molecule has 0 bridgehead atoms. The zero-order valence-electron chi connectivity index (χ0n) is 21.7. The Kier molecular flexibility index (Phi) is 6.90. The number of hydrazine groups is 1. The summed E-state index contributed by atoms with van der Waals surface area (Å²) in [6.07, 6.45) is 0. The molecule has 3 aromatic rings. The molecule has 38 heavy (non-hydrogen) atoms. The van der Waals surface area contributed by atoms with Crippen molar-refractivity contribution in [3.63, 3.8) is 0 Å². The number of aromatic nitrogens is 1. The number of anilines is 1. The number of rotatable bonds is 6. The average Bonchev–Trinajstić information content (AvgIpc) is 3.10. The van der Waals surface area contributed by atoms with Crippen molar-refractivity contribution < 1.29 is 19.1 Å². The second-order valence-electron chi connectivity index (χ2n) is 9.52. The van der Waals surface area contributed by atoms with E-state index in [0.29, 0.717) is 72.0 Å². The van der Waals surface area contributed by atoms with E-state index in [4.69, 9.17) is 12.6 Å². The molecule has 0 aliphatic carbocycles. The lowest BCUT2D eigenvalue weighted by molar-refractivity contribution is -0.135. The van der Waals surface area contributed by atoms with Gasteiger partial charge < -0.3 is 9.64 Å². The van der Waals surface area contributed by atoms with Gasteiger partial charge in [-0.2, -0.15) is 5.01 Å². The number of para-hydroxylation sites is 1. The van der Waals surface area contributed by atoms with E-state index < -0.39 is 0 Å². The van der Waals surface area contributed by atoms with E-state index in [9.17, 15) is 14.4 Å². The molecule has 1 N–H and O–H groups in total. The fourth-order valence-electron chi connectivity index (χ4n) is 4.81. The first kappa shape index (κ1) is 25.5. The van der Waals surface area contributed by atoms with Gasteiger partial charge in [0.1, 0.15) is 19.4 Å². The van der Waals surface area contributed by atoms with E-state index in [-0.39, 0.29) is 17.7 Å². The molecule has 3 amide bonds. The molecule has 2 aliphatic heterocycles. The average molecular weight is 509 g/mol. The largest absolute Gasteiger partial charge is 0.496 e. The highest BCUT2D eigenvalue weighted by Gasteiger charge is 2.34. The van der Waals surface area contributed by atoms with E-state index >= 15 is 0 Å². The summed E-state index contributed by atoms with van der Waals surface area (Å²) >= 11 is 0. The van der Waals surface area contributed by atoms with Crippen LogP contribution in [0.1, 0.15) is 29.8 Å². The Morgan fingerprint density at radius 2 is 1.68 bits per heavy atom. The van der Waals surface area contributed by atoms with E-state index in [1.165, 1.54) is 0 Å². The van der Waals surface area contributed by atoms with Gasteiger partial charge in [-0.05, 0) is 43.7 Å². The van der Waals surface area contributed by atoms with Crippen LogP contribution >= 0.6 is 0 Å². The molecule has 0 spiro atoms. The second kappa shape index (κ2) is 10.3. The standard InChI is InChI=1S/C28H28BN5O4/c1-17-18(2)27(36)34(26(17)35)31-25-14-19(21-9-8-20(29)15-23(21)30-25)16-32-10-12-33(13-11-32)28(37)22-6-4-5-7-24(22)38-3/h4-9,14-15H,10-13,16H2,1-3H3,(H,30,31). The van der Waals surface area contributed by atoms with Crippen LogP contribution in [-0.4, -0.2) is 78.6 Å². The van der Waals surface area contributed by atoms with Crippen molar-refractivity contribution in [2.75, 3.05) is 38.7 Å². The summed E-state index contributed by atoms with van der Waals surface area (Å²) in [6, 6.07) is 14.6. The number of methoxy groups -OCH3 is 1. The molecule has 1 saturated heterocycles. The number of carbonyl (C=O) groups excluding carboxylic acids is 3. The molecule has 0 atom stereocenters. The maximum Gasteiger partial charge on any atom is 0.275 e. The maximum atomic E-state index is 13.1. The molecule has 3 heterocycles. The predicted molar refractivity (Wildman–Crippen MR) is 145 cm³/mol. The van der Waals surface area contributed by atoms with E-state index in [0.717, 1.165) is 16.0 Å². The Morgan fingerprint density at radius 1 is 1.00 bits per heavy atom. The molecule has 2 radical (unpaired) electrons. The third kappa shape index (κ3) is 4.75. The Hall–Kier alpha value is -4.18. The lowest BCUT2D eigenvalue weighted by atomic mass is 9.94. The zero-order chi connectivity index (χ0) is 27.0. The number of piperazine rings is 1. The molecule has 0 saturated carbocycles. The number of ether oxygens (including phenoxy) is 1. The number of nitrogens with one attached hydrogen (secondary N) is 1. The number of amides is 3. The molecular formula is C28H28BN5O4. The van der Waals surface area contributed by atoms with Crippen molar-refractivity contribution >= 4 is 47.8 Å². The normalized spacial score (nSPS) is 16.5. The van der Waals surface area contributed by atoms with Crippen LogP contribution in [0.4, 0.5) is 5.82 Å². The first-order chi connectivity index (χ1) is 18.3. The van der Waals surface area contributed by atoms with E-state index in [1.807, 2.05) is 35.2 Å². The number of carbonyl (C=O) groups is 3. The topological polar surface area (TPSA) is 95.1 Å². The highest BCUT2D eigenvalue weighted by atomic mass is 16.5. The number of imide groups is 1. The Labute approximate surface area is 222 Å². The molecular weight excluding hydrogens is 481 g/mol. The van der Waals surface area contributed by atoms with Crippen LogP contribution in [0.3, 0.4) is 0 Å².